The summed E-state index contributed by atoms with van der Waals surface area (Å²) in [6, 6.07) is 0. The molecule has 17 heavy (non-hydrogen) atoms. The van der Waals surface area contributed by atoms with Crippen LogP contribution in [0.15, 0.2) is 0 Å². The number of rotatable bonds is 11. The molecule has 104 valence electrons. The molecule has 0 aliphatic rings. The van der Waals surface area contributed by atoms with Crippen LogP contribution in [0.2, 0.25) is 0 Å². The summed E-state index contributed by atoms with van der Waals surface area (Å²) >= 11 is 0. The molecular weight excluding hydrogens is 208 g/mol. The van der Waals surface area contributed by atoms with Gasteiger partial charge in [0.1, 0.15) is 0 Å². The first-order valence-corrected chi connectivity index (χ1v) is 7.47. The molecule has 0 aromatic heterocycles. The third-order valence-corrected chi connectivity index (χ3v) is 3.11. The van der Waals surface area contributed by atoms with Gasteiger partial charge in [-0.05, 0) is 44.3 Å². The molecule has 0 radical (unpaired) electrons. The van der Waals surface area contributed by atoms with Crippen molar-refractivity contribution in [3.8, 4) is 0 Å². The molecule has 0 saturated heterocycles. The second-order valence-corrected chi connectivity index (χ2v) is 6.32. The molecule has 0 amide bonds. The first kappa shape index (κ1) is 16.9. The summed E-state index contributed by atoms with van der Waals surface area (Å²) in [7, 11) is 0. The lowest BCUT2D eigenvalue weighted by molar-refractivity contribution is 0.366. The maximum atomic E-state index is 5.46. The van der Waals surface area contributed by atoms with Gasteiger partial charge >= 0.3 is 0 Å². The van der Waals surface area contributed by atoms with Crippen LogP contribution in [0.3, 0.4) is 0 Å². The standard InChI is InChI=1S/C15H34N2/c1-15(2,3)11-14-17-13-10-8-6-4-5-7-9-12-16/h17H,4-14,16H2,1-3H3. The molecule has 0 atom stereocenters. The minimum atomic E-state index is 0.468. The molecule has 0 unspecified atom stereocenters. The Hall–Kier alpha value is -0.0800. The molecule has 0 aromatic carbocycles. The average Bonchev–Trinajstić information content (AvgIpc) is 2.24. The highest BCUT2D eigenvalue weighted by molar-refractivity contribution is 4.63. The van der Waals surface area contributed by atoms with Gasteiger partial charge in [0.05, 0.1) is 0 Å². The van der Waals surface area contributed by atoms with Crippen LogP contribution in [0.25, 0.3) is 0 Å². The topological polar surface area (TPSA) is 38.0 Å². The van der Waals surface area contributed by atoms with E-state index in [0.717, 1.165) is 6.54 Å². The SMILES string of the molecule is CC(C)(C)CCNCCCCCCCCCN. The normalized spacial score (nSPS) is 12.0. The van der Waals surface area contributed by atoms with Gasteiger partial charge in [0.15, 0.2) is 0 Å². The molecule has 0 rings (SSSR count). The van der Waals surface area contributed by atoms with Gasteiger partial charge in [-0.25, -0.2) is 0 Å². The van der Waals surface area contributed by atoms with E-state index in [1.807, 2.05) is 0 Å². The summed E-state index contributed by atoms with van der Waals surface area (Å²) in [5.74, 6) is 0. The van der Waals surface area contributed by atoms with Crippen LogP contribution in [-0.4, -0.2) is 19.6 Å². The van der Waals surface area contributed by atoms with E-state index in [1.54, 1.807) is 0 Å². The molecular formula is C15H34N2. The minimum Gasteiger partial charge on any atom is -0.330 e. The lowest BCUT2D eigenvalue weighted by atomic mass is 9.92. The molecule has 0 aliphatic heterocycles. The van der Waals surface area contributed by atoms with Crippen LogP contribution in [0.5, 0.6) is 0 Å². The second-order valence-electron chi connectivity index (χ2n) is 6.32. The molecule has 0 fully saturated rings. The van der Waals surface area contributed by atoms with E-state index in [9.17, 15) is 0 Å². The minimum absolute atomic E-state index is 0.468. The van der Waals surface area contributed by atoms with Crippen molar-refractivity contribution in [2.75, 3.05) is 19.6 Å². The summed E-state index contributed by atoms with van der Waals surface area (Å²) in [5, 5.41) is 3.54. The number of unbranched alkanes of at least 4 members (excludes halogenated alkanes) is 6. The Bertz CT molecular complexity index is 149. The van der Waals surface area contributed by atoms with Crippen molar-refractivity contribution in [2.24, 2.45) is 11.1 Å². The number of hydrogen-bond acceptors (Lipinski definition) is 2. The fourth-order valence-corrected chi connectivity index (χ4v) is 1.87. The van der Waals surface area contributed by atoms with Crippen molar-refractivity contribution >= 4 is 0 Å². The Morgan fingerprint density at radius 2 is 1.29 bits per heavy atom. The Balaban J connectivity index is 2.99. The summed E-state index contributed by atoms with van der Waals surface area (Å²) < 4.78 is 0. The zero-order chi connectivity index (χ0) is 13.0. The predicted molar refractivity (Wildman–Crippen MR) is 78.3 cm³/mol. The molecule has 0 bridgehead atoms. The average molecular weight is 242 g/mol. The van der Waals surface area contributed by atoms with E-state index in [0.29, 0.717) is 5.41 Å². The monoisotopic (exact) mass is 242 g/mol. The van der Waals surface area contributed by atoms with Gasteiger partial charge < -0.3 is 11.1 Å². The molecule has 2 nitrogen and oxygen atoms in total. The second kappa shape index (κ2) is 11.0. The molecule has 0 heterocycles. The van der Waals surface area contributed by atoms with Crippen LogP contribution >= 0.6 is 0 Å². The van der Waals surface area contributed by atoms with Gasteiger partial charge in [0.2, 0.25) is 0 Å². The van der Waals surface area contributed by atoms with Crippen molar-refractivity contribution in [3.05, 3.63) is 0 Å². The highest BCUT2D eigenvalue weighted by Crippen LogP contribution is 2.16. The maximum absolute atomic E-state index is 5.46. The van der Waals surface area contributed by atoms with E-state index in [4.69, 9.17) is 5.73 Å². The van der Waals surface area contributed by atoms with Crippen LogP contribution in [0.4, 0.5) is 0 Å². The van der Waals surface area contributed by atoms with E-state index < -0.39 is 0 Å². The third-order valence-electron chi connectivity index (χ3n) is 3.11. The van der Waals surface area contributed by atoms with Gasteiger partial charge in [-0.3, -0.25) is 0 Å². The predicted octanol–water partition coefficient (Wildman–Crippen LogP) is 3.70. The Morgan fingerprint density at radius 3 is 1.82 bits per heavy atom. The largest absolute Gasteiger partial charge is 0.330 e. The number of hydrogen-bond donors (Lipinski definition) is 2. The molecule has 0 saturated carbocycles. The lowest BCUT2D eigenvalue weighted by Gasteiger charge is -2.17. The van der Waals surface area contributed by atoms with Crippen LogP contribution < -0.4 is 11.1 Å². The zero-order valence-corrected chi connectivity index (χ0v) is 12.4. The molecule has 2 heteroatoms. The first-order chi connectivity index (χ1) is 8.06. The smallest absolute Gasteiger partial charge is 0.00439 e. The zero-order valence-electron chi connectivity index (χ0n) is 12.4. The summed E-state index contributed by atoms with van der Waals surface area (Å²) in [5.41, 5.74) is 5.93. The number of nitrogens with two attached hydrogens (primary N) is 1. The maximum Gasteiger partial charge on any atom is -0.00439 e. The summed E-state index contributed by atoms with van der Waals surface area (Å²) in [4.78, 5) is 0. The van der Waals surface area contributed by atoms with Gasteiger partial charge in [-0.15, -0.1) is 0 Å². The van der Waals surface area contributed by atoms with E-state index in [2.05, 4.69) is 26.1 Å². The highest BCUT2D eigenvalue weighted by Gasteiger charge is 2.08. The van der Waals surface area contributed by atoms with E-state index in [-0.39, 0.29) is 0 Å². The van der Waals surface area contributed by atoms with E-state index in [1.165, 1.54) is 64.5 Å². The molecule has 0 aliphatic carbocycles. The van der Waals surface area contributed by atoms with Gasteiger partial charge in [-0.2, -0.15) is 0 Å². The molecule has 3 N–H and O–H groups in total. The Labute approximate surface area is 109 Å². The number of nitrogens with one attached hydrogen (secondary N) is 1. The van der Waals surface area contributed by atoms with Crippen molar-refractivity contribution < 1.29 is 0 Å². The Morgan fingerprint density at radius 1 is 0.765 bits per heavy atom. The first-order valence-electron chi connectivity index (χ1n) is 7.47. The van der Waals surface area contributed by atoms with Gasteiger partial charge in [0, 0.05) is 0 Å². The van der Waals surface area contributed by atoms with Crippen LogP contribution in [-0.2, 0) is 0 Å². The lowest BCUT2D eigenvalue weighted by Crippen LogP contribution is -2.21. The molecule has 0 spiro atoms. The van der Waals surface area contributed by atoms with Gasteiger partial charge in [-0.1, -0.05) is 52.9 Å². The van der Waals surface area contributed by atoms with Crippen molar-refractivity contribution in [2.45, 2.75) is 72.1 Å². The van der Waals surface area contributed by atoms with Crippen LogP contribution in [0, 0.1) is 5.41 Å². The van der Waals surface area contributed by atoms with Gasteiger partial charge in [0.25, 0.3) is 0 Å². The van der Waals surface area contributed by atoms with Crippen molar-refractivity contribution in [1.82, 2.24) is 5.32 Å². The highest BCUT2D eigenvalue weighted by atomic mass is 14.8. The Kier molecular flexibility index (Phi) is 11.0. The fourth-order valence-electron chi connectivity index (χ4n) is 1.87. The quantitative estimate of drug-likeness (QED) is 0.542. The molecule has 0 aromatic rings. The third kappa shape index (κ3) is 15.9. The van der Waals surface area contributed by atoms with E-state index >= 15 is 0 Å². The summed E-state index contributed by atoms with van der Waals surface area (Å²) in [6.45, 7) is 10.1. The summed E-state index contributed by atoms with van der Waals surface area (Å²) in [6.07, 6.45) is 10.7. The fraction of sp³-hybridized carbons (Fsp3) is 1.00. The van der Waals surface area contributed by atoms with Crippen molar-refractivity contribution in [1.29, 1.82) is 0 Å². The van der Waals surface area contributed by atoms with Crippen LogP contribution in [0.1, 0.15) is 72.1 Å². The van der Waals surface area contributed by atoms with Crippen molar-refractivity contribution in [3.63, 3.8) is 0 Å².